The number of rotatable bonds is 6. The molecule has 2 unspecified atom stereocenters. The summed E-state index contributed by atoms with van der Waals surface area (Å²) in [5.74, 6) is -0.973. The van der Waals surface area contributed by atoms with Gasteiger partial charge in [-0.15, -0.1) is 0 Å². The van der Waals surface area contributed by atoms with Crippen molar-refractivity contribution >= 4 is 5.97 Å². The highest BCUT2D eigenvalue weighted by Crippen LogP contribution is 2.36. The fourth-order valence-electron chi connectivity index (χ4n) is 2.20. The van der Waals surface area contributed by atoms with Crippen LogP contribution in [0.3, 0.4) is 0 Å². The van der Waals surface area contributed by atoms with Gasteiger partial charge in [0, 0.05) is 12.1 Å². The van der Waals surface area contributed by atoms with Gasteiger partial charge in [0.15, 0.2) is 0 Å². The number of carbonyl (C=O) groups is 1. The van der Waals surface area contributed by atoms with Gasteiger partial charge in [0.05, 0.1) is 12.1 Å². The Hall–Kier alpha value is -1.75. The summed E-state index contributed by atoms with van der Waals surface area (Å²) >= 11 is 0. The molecule has 0 spiro atoms. The molecule has 5 nitrogen and oxygen atoms in total. The van der Waals surface area contributed by atoms with Gasteiger partial charge in [0.2, 0.25) is 0 Å². The van der Waals surface area contributed by atoms with E-state index in [9.17, 15) is 15.0 Å². The summed E-state index contributed by atoms with van der Waals surface area (Å²) in [4.78, 5) is 12.7. The van der Waals surface area contributed by atoms with E-state index in [0.717, 1.165) is 6.42 Å². The van der Waals surface area contributed by atoms with Gasteiger partial charge in [0.1, 0.15) is 11.5 Å². The van der Waals surface area contributed by atoms with E-state index in [2.05, 4.69) is 0 Å². The summed E-state index contributed by atoms with van der Waals surface area (Å²) in [5.41, 5.74) is 0.365. The van der Waals surface area contributed by atoms with Gasteiger partial charge in [-0.25, -0.2) is 0 Å². The number of aliphatic carboxylic acids is 1. The molecule has 1 rings (SSSR count). The van der Waals surface area contributed by atoms with Gasteiger partial charge in [0.25, 0.3) is 0 Å². The highest BCUT2D eigenvalue weighted by Gasteiger charge is 2.26. The average Bonchev–Trinajstić information content (AvgIpc) is 2.34. The second kappa shape index (κ2) is 6.43. The van der Waals surface area contributed by atoms with Crippen LogP contribution in [0.5, 0.6) is 11.5 Å². The molecule has 3 N–H and O–H groups in total. The fraction of sp³-hybridized carbons (Fsp3) is 0.500. The van der Waals surface area contributed by atoms with E-state index >= 15 is 0 Å². The number of carboxylic acid groups (broad SMARTS) is 1. The maximum Gasteiger partial charge on any atom is 0.317 e. The van der Waals surface area contributed by atoms with E-state index in [1.54, 1.807) is 17.9 Å². The van der Waals surface area contributed by atoms with E-state index in [0.29, 0.717) is 5.56 Å². The highest BCUT2D eigenvalue weighted by molar-refractivity contribution is 5.69. The predicted octanol–water partition coefficient (Wildman–Crippen LogP) is 2.34. The quantitative estimate of drug-likeness (QED) is 0.737. The molecule has 0 aliphatic heterocycles. The molecule has 0 heterocycles. The number of hydrogen-bond acceptors (Lipinski definition) is 4. The lowest BCUT2D eigenvalue weighted by molar-refractivity contribution is -0.139. The number of benzene rings is 1. The summed E-state index contributed by atoms with van der Waals surface area (Å²) in [6.45, 7) is 5.54. The molecule has 0 saturated carbocycles. The second-order valence-electron chi connectivity index (χ2n) is 4.71. The molecular weight excluding hydrogens is 246 g/mol. The van der Waals surface area contributed by atoms with Gasteiger partial charge in [-0.1, -0.05) is 13.0 Å². The van der Waals surface area contributed by atoms with Gasteiger partial charge in [-0.2, -0.15) is 0 Å². The standard InChI is InChI=1S/C14H21NO4/c1-4-9(2)15(8-13(18)19)10(3)14-11(16)6-5-7-12(14)17/h5-7,9-10,16-17H,4,8H2,1-3H3,(H,18,19). The first-order valence-corrected chi connectivity index (χ1v) is 6.36. The first-order valence-electron chi connectivity index (χ1n) is 6.36. The molecule has 0 aliphatic carbocycles. The zero-order chi connectivity index (χ0) is 14.6. The lowest BCUT2D eigenvalue weighted by Gasteiger charge is -2.33. The third-order valence-electron chi connectivity index (χ3n) is 3.45. The van der Waals surface area contributed by atoms with Crippen LogP contribution in [-0.4, -0.2) is 38.8 Å². The average molecular weight is 267 g/mol. The van der Waals surface area contributed by atoms with Crippen LogP contribution in [-0.2, 0) is 4.79 Å². The number of phenolic OH excluding ortho intramolecular Hbond substituents is 2. The van der Waals surface area contributed by atoms with Crippen LogP contribution < -0.4 is 0 Å². The Morgan fingerprint density at radius 2 is 1.79 bits per heavy atom. The Kier molecular flexibility index (Phi) is 5.18. The van der Waals surface area contributed by atoms with Gasteiger partial charge in [-0.3, -0.25) is 9.69 Å². The first-order chi connectivity index (χ1) is 8.88. The fourth-order valence-corrected chi connectivity index (χ4v) is 2.20. The number of hydrogen-bond donors (Lipinski definition) is 3. The second-order valence-corrected chi connectivity index (χ2v) is 4.71. The van der Waals surface area contributed by atoms with Crippen molar-refractivity contribution in [1.29, 1.82) is 0 Å². The lowest BCUT2D eigenvalue weighted by Crippen LogP contribution is -2.39. The van der Waals surface area contributed by atoms with Crippen LogP contribution in [0.4, 0.5) is 0 Å². The molecule has 0 saturated heterocycles. The summed E-state index contributed by atoms with van der Waals surface area (Å²) in [7, 11) is 0. The summed E-state index contributed by atoms with van der Waals surface area (Å²) in [6.07, 6.45) is 0.784. The first kappa shape index (κ1) is 15.3. The maximum atomic E-state index is 11.0. The number of nitrogens with zero attached hydrogens (tertiary/aromatic N) is 1. The molecule has 19 heavy (non-hydrogen) atoms. The summed E-state index contributed by atoms with van der Waals surface area (Å²) < 4.78 is 0. The van der Waals surface area contributed by atoms with Crippen LogP contribution >= 0.6 is 0 Å². The Balaban J connectivity index is 3.11. The van der Waals surface area contributed by atoms with Crippen molar-refractivity contribution in [3.63, 3.8) is 0 Å². The summed E-state index contributed by atoms with van der Waals surface area (Å²) in [6, 6.07) is 4.17. The molecule has 0 radical (unpaired) electrons. The highest BCUT2D eigenvalue weighted by atomic mass is 16.4. The van der Waals surface area contributed by atoms with Crippen LogP contribution in [0.2, 0.25) is 0 Å². The maximum absolute atomic E-state index is 11.0. The molecule has 0 amide bonds. The molecule has 0 fully saturated rings. The van der Waals surface area contributed by atoms with Gasteiger partial charge in [-0.05, 0) is 32.4 Å². The minimum Gasteiger partial charge on any atom is -0.507 e. The van der Waals surface area contributed by atoms with Gasteiger partial charge >= 0.3 is 5.97 Å². The van der Waals surface area contributed by atoms with E-state index in [1.807, 2.05) is 13.8 Å². The molecule has 0 bridgehead atoms. The summed E-state index contributed by atoms with van der Waals surface area (Å²) in [5, 5.41) is 28.7. The number of phenols is 2. The molecule has 106 valence electrons. The van der Waals surface area contributed by atoms with Crippen molar-refractivity contribution in [2.45, 2.75) is 39.3 Å². The van der Waals surface area contributed by atoms with Crippen molar-refractivity contribution in [3.05, 3.63) is 23.8 Å². The third kappa shape index (κ3) is 3.61. The van der Waals surface area contributed by atoms with Gasteiger partial charge < -0.3 is 15.3 Å². The van der Waals surface area contributed by atoms with E-state index in [1.165, 1.54) is 12.1 Å². The van der Waals surface area contributed by atoms with Crippen LogP contribution in [0, 0.1) is 0 Å². The van der Waals surface area contributed by atoms with Crippen molar-refractivity contribution in [2.75, 3.05) is 6.54 Å². The van der Waals surface area contributed by atoms with Crippen LogP contribution in [0.25, 0.3) is 0 Å². The zero-order valence-corrected chi connectivity index (χ0v) is 11.5. The molecule has 0 aliphatic rings. The molecular formula is C14H21NO4. The zero-order valence-electron chi connectivity index (χ0n) is 11.5. The largest absolute Gasteiger partial charge is 0.507 e. The smallest absolute Gasteiger partial charge is 0.317 e. The molecule has 1 aromatic rings. The Morgan fingerprint density at radius 1 is 1.26 bits per heavy atom. The van der Waals surface area contributed by atoms with Crippen molar-refractivity contribution in [3.8, 4) is 11.5 Å². The van der Waals surface area contributed by atoms with Crippen LogP contribution in [0.1, 0.15) is 38.8 Å². The van der Waals surface area contributed by atoms with Crippen molar-refractivity contribution in [2.24, 2.45) is 0 Å². The van der Waals surface area contributed by atoms with E-state index in [-0.39, 0.29) is 30.1 Å². The predicted molar refractivity (Wildman–Crippen MR) is 72.3 cm³/mol. The molecule has 1 aromatic carbocycles. The molecule has 5 heteroatoms. The van der Waals surface area contributed by atoms with E-state index in [4.69, 9.17) is 5.11 Å². The minimum absolute atomic E-state index is 0.0220. The molecule has 0 aromatic heterocycles. The Labute approximate surface area is 113 Å². The molecule has 2 atom stereocenters. The van der Waals surface area contributed by atoms with Crippen LogP contribution in [0.15, 0.2) is 18.2 Å². The van der Waals surface area contributed by atoms with Crippen molar-refractivity contribution in [1.82, 2.24) is 4.90 Å². The third-order valence-corrected chi connectivity index (χ3v) is 3.45. The normalized spacial score (nSPS) is 14.3. The number of carboxylic acids is 1. The lowest BCUT2D eigenvalue weighted by atomic mass is 10.0. The Morgan fingerprint density at radius 3 is 2.21 bits per heavy atom. The minimum atomic E-state index is -0.929. The SMILES string of the molecule is CCC(C)N(CC(=O)O)C(C)c1c(O)cccc1O. The number of aromatic hydroxyl groups is 2. The van der Waals surface area contributed by atoms with Crippen molar-refractivity contribution < 1.29 is 20.1 Å². The monoisotopic (exact) mass is 267 g/mol. The van der Waals surface area contributed by atoms with E-state index < -0.39 is 5.97 Å². The Bertz CT molecular complexity index is 427. The topological polar surface area (TPSA) is 81.0 Å².